The number of fused-ring (bicyclic) bond motifs is 1. The van der Waals surface area contributed by atoms with Crippen LogP contribution in [0.2, 0.25) is 0 Å². The van der Waals surface area contributed by atoms with Crippen molar-refractivity contribution >= 4 is 6.08 Å². The zero-order valence-electron chi connectivity index (χ0n) is 6.04. The van der Waals surface area contributed by atoms with E-state index in [9.17, 15) is 0 Å². The van der Waals surface area contributed by atoms with Gasteiger partial charge in [-0.2, -0.15) is 0 Å². The van der Waals surface area contributed by atoms with Gasteiger partial charge in [0.25, 0.3) is 0 Å². The fourth-order valence-electron chi connectivity index (χ4n) is 1.33. The third kappa shape index (κ3) is 0.685. The molecule has 2 rings (SSSR count). The average molecular weight is 134 g/mol. The van der Waals surface area contributed by atoms with Gasteiger partial charge in [-0.15, -0.1) is 0 Å². The van der Waals surface area contributed by atoms with Gasteiger partial charge in [-0.05, 0) is 18.9 Å². The van der Waals surface area contributed by atoms with Crippen LogP contribution in [0.5, 0.6) is 0 Å². The van der Waals surface area contributed by atoms with Crippen molar-refractivity contribution in [3.63, 3.8) is 0 Å². The van der Waals surface area contributed by atoms with E-state index >= 15 is 0 Å². The highest BCUT2D eigenvalue weighted by molar-refractivity contribution is 5.50. The third-order valence-electron chi connectivity index (χ3n) is 1.91. The minimum Gasteiger partial charge on any atom is -0.337 e. The molecule has 0 amide bonds. The average Bonchev–Trinajstić information content (AvgIpc) is 2.34. The second kappa shape index (κ2) is 1.97. The first-order valence-electron chi connectivity index (χ1n) is 3.54. The molecule has 0 saturated heterocycles. The molecule has 2 heteroatoms. The van der Waals surface area contributed by atoms with Crippen molar-refractivity contribution in [2.75, 3.05) is 0 Å². The van der Waals surface area contributed by atoms with Gasteiger partial charge in [0, 0.05) is 12.7 Å². The quantitative estimate of drug-likeness (QED) is 0.524. The highest BCUT2D eigenvalue weighted by Crippen LogP contribution is 2.15. The molecule has 1 aromatic heterocycles. The number of allylic oxidation sites excluding steroid dienone is 1. The van der Waals surface area contributed by atoms with Crippen LogP contribution in [-0.4, -0.2) is 9.55 Å². The second-order valence-corrected chi connectivity index (χ2v) is 2.63. The van der Waals surface area contributed by atoms with E-state index in [0.29, 0.717) is 0 Å². The molecule has 52 valence electrons. The van der Waals surface area contributed by atoms with Crippen LogP contribution < -0.4 is 0 Å². The summed E-state index contributed by atoms with van der Waals surface area (Å²) in [6.45, 7) is 0. The number of rotatable bonds is 0. The maximum absolute atomic E-state index is 4.23. The molecule has 1 aliphatic rings. The van der Waals surface area contributed by atoms with Crippen molar-refractivity contribution in [3.8, 4) is 0 Å². The number of nitrogens with zero attached hydrogens (tertiary/aromatic N) is 2. The predicted molar refractivity (Wildman–Crippen MR) is 40.6 cm³/mol. The Labute approximate surface area is 60.2 Å². The number of aromatic nitrogens is 2. The van der Waals surface area contributed by atoms with Crippen LogP contribution in [0.25, 0.3) is 6.08 Å². The molecule has 2 nitrogen and oxygen atoms in total. The van der Waals surface area contributed by atoms with E-state index in [2.05, 4.69) is 21.7 Å². The first-order chi connectivity index (χ1) is 4.88. The normalized spacial score (nSPS) is 15.3. The number of hydrogen-bond acceptors (Lipinski definition) is 1. The van der Waals surface area contributed by atoms with Crippen molar-refractivity contribution in [2.45, 2.75) is 12.8 Å². The molecule has 1 aromatic rings. The SMILES string of the molecule is Cn1cnc2c1CCC=C2. The maximum Gasteiger partial charge on any atom is 0.0953 e. The Kier molecular flexibility index (Phi) is 1.13. The Hall–Kier alpha value is -1.05. The van der Waals surface area contributed by atoms with Crippen LogP contribution in [0.4, 0.5) is 0 Å². The Balaban J connectivity index is 2.57. The highest BCUT2D eigenvalue weighted by atomic mass is 15.0. The summed E-state index contributed by atoms with van der Waals surface area (Å²) in [5.41, 5.74) is 2.51. The van der Waals surface area contributed by atoms with E-state index in [4.69, 9.17) is 0 Å². The molecule has 0 bridgehead atoms. The molecular formula is C8H10N2. The molecule has 0 saturated carbocycles. The fourth-order valence-corrected chi connectivity index (χ4v) is 1.33. The van der Waals surface area contributed by atoms with E-state index in [1.54, 1.807) is 0 Å². The van der Waals surface area contributed by atoms with Gasteiger partial charge < -0.3 is 4.57 Å². The minimum atomic E-state index is 1.14. The van der Waals surface area contributed by atoms with Gasteiger partial charge in [-0.3, -0.25) is 0 Å². The Morgan fingerprint density at radius 2 is 2.50 bits per heavy atom. The van der Waals surface area contributed by atoms with E-state index < -0.39 is 0 Å². The van der Waals surface area contributed by atoms with Crippen molar-refractivity contribution in [1.29, 1.82) is 0 Å². The summed E-state index contributed by atoms with van der Waals surface area (Å²) in [6.07, 6.45) is 8.45. The Morgan fingerprint density at radius 1 is 1.60 bits per heavy atom. The molecule has 0 atom stereocenters. The van der Waals surface area contributed by atoms with Crippen LogP contribution in [0.3, 0.4) is 0 Å². The van der Waals surface area contributed by atoms with E-state index in [0.717, 1.165) is 18.5 Å². The zero-order chi connectivity index (χ0) is 6.97. The van der Waals surface area contributed by atoms with Crippen LogP contribution in [0.15, 0.2) is 12.4 Å². The van der Waals surface area contributed by atoms with Crippen molar-refractivity contribution < 1.29 is 0 Å². The van der Waals surface area contributed by atoms with Crippen LogP contribution in [0.1, 0.15) is 17.8 Å². The van der Waals surface area contributed by atoms with Crippen LogP contribution >= 0.6 is 0 Å². The van der Waals surface area contributed by atoms with Crippen LogP contribution in [0, 0.1) is 0 Å². The van der Waals surface area contributed by atoms with Gasteiger partial charge in [0.2, 0.25) is 0 Å². The zero-order valence-corrected chi connectivity index (χ0v) is 6.04. The molecule has 0 radical (unpaired) electrons. The third-order valence-corrected chi connectivity index (χ3v) is 1.91. The fraction of sp³-hybridized carbons (Fsp3) is 0.375. The van der Waals surface area contributed by atoms with Crippen molar-refractivity contribution in [2.24, 2.45) is 7.05 Å². The molecule has 1 aliphatic carbocycles. The molecule has 0 aromatic carbocycles. The first-order valence-corrected chi connectivity index (χ1v) is 3.54. The highest BCUT2D eigenvalue weighted by Gasteiger charge is 2.07. The Morgan fingerprint density at radius 3 is 3.30 bits per heavy atom. The van der Waals surface area contributed by atoms with E-state index in [1.807, 2.05) is 13.4 Å². The lowest BCUT2D eigenvalue weighted by molar-refractivity contribution is 0.802. The summed E-state index contributed by atoms with van der Waals surface area (Å²) in [4.78, 5) is 4.23. The van der Waals surface area contributed by atoms with Crippen molar-refractivity contribution in [3.05, 3.63) is 23.8 Å². The van der Waals surface area contributed by atoms with E-state index in [1.165, 1.54) is 5.69 Å². The van der Waals surface area contributed by atoms with Gasteiger partial charge in [0.05, 0.1) is 12.0 Å². The molecule has 0 N–H and O–H groups in total. The number of aryl methyl sites for hydroxylation is 1. The molecule has 1 heterocycles. The largest absolute Gasteiger partial charge is 0.337 e. The van der Waals surface area contributed by atoms with Gasteiger partial charge in [-0.1, -0.05) is 6.08 Å². The number of hydrogen-bond donors (Lipinski definition) is 0. The first kappa shape index (κ1) is 5.71. The molecule has 0 unspecified atom stereocenters. The maximum atomic E-state index is 4.23. The van der Waals surface area contributed by atoms with E-state index in [-0.39, 0.29) is 0 Å². The smallest absolute Gasteiger partial charge is 0.0953 e. The molecular weight excluding hydrogens is 124 g/mol. The second-order valence-electron chi connectivity index (χ2n) is 2.63. The standard InChI is InChI=1S/C8H10N2/c1-10-6-9-7-4-2-3-5-8(7)10/h2,4,6H,3,5H2,1H3. The Bertz CT molecular complexity index is 271. The van der Waals surface area contributed by atoms with Gasteiger partial charge >= 0.3 is 0 Å². The van der Waals surface area contributed by atoms with Gasteiger partial charge in [0.15, 0.2) is 0 Å². The van der Waals surface area contributed by atoms with Crippen molar-refractivity contribution in [1.82, 2.24) is 9.55 Å². The summed E-state index contributed by atoms with van der Waals surface area (Å²) >= 11 is 0. The molecule has 0 spiro atoms. The lowest BCUT2D eigenvalue weighted by atomic mass is 10.1. The topological polar surface area (TPSA) is 17.8 Å². The number of imidazole rings is 1. The van der Waals surface area contributed by atoms with Gasteiger partial charge in [0.1, 0.15) is 0 Å². The monoisotopic (exact) mass is 134 g/mol. The van der Waals surface area contributed by atoms with Gasteiger partial charge in [-0.25, -0.2) is 4.98 Å². The lowest BCUT2D eigenvalue weighted by Gasteiger charge is -2.04. The summed E-state index contributed by atoms with van der Waals surface area (Å²) < 4.78 is 2.10. The summed E-state index contributed by atoms with van der Waals surface area (Å²) in [6, 6.07) is 0. The van der Waals surface area contributed by atoms with Crippen LogP contribution in [-0.2, 0) is 13.5 Å². The molecule has 10 heavy (non-hydrogen) atoms. The molecule has 0 aliphatic heterocycles. The summed E-state index contributed by atoms with van der Waals surface area (Å²) in [5.74, 6) is 0. The minimum absolute atomic E-state index is 1.14. The summed E-state index contributed by atoms with van der Waals surface area (Å²) in [7, 11) is 2.05. The predicted octanol–water partition coefficient (Wildman–Crippen LogP) is 1.38. The lowest BCUT2D eigenvalue weighted by Crippen LogP contribution is -1.98. The molecule has 0 fully saturated rings. The summed E-state index contributed by atoms with van der Waals surface area (Å²) in [5, 5.41) is 0.